The number of carbonyl (C=O) groups is 1. The lowest BCUT2D eigenvalue weighted by atomic mass is 10.2. The maximum atomic E-state index is 10.6. The van der Waals surface area contributed by atoms with Crippen molar-refractivity contribution < 1.29 is 14.3 Å². The molecule has 3 nitrogen and oxygen atoms in total. The summed E-state index contributed by atoms with van der Waals surface area (Å²) in [6, 6.07) is 0. The minimum atomic E-state index is -0.664. The minimum Gasteiger partial charge on any atom is -0.434 e. The molecule has 0 aromatic rings. The normalized spacial score (nSPS) is 10.8. The van der Waals surface area contributed by atoms with Gasteiger partial charge in [0.25, 0.3) is 0 Å². The van der Waals surface area contributed by atoms with Gasteiger partial charge < -0.3 is 9.47 Å². The second-order valence-corrected chi connectivity index (χ2v) is 2.81. The maximum absolute atomic E-state index is 10.6. The van der Waals surface area contributed by atoms with E-state index in [0.717, 1.165) is 0 Å². The van der Waals surface area contributed by atoms with Crippen LogP contribution in [0.15, 0.2) is 0 Å². The molecule has 0 N–H and O–H groups in total. The number of hydrogen-bond acceptors (Lipinski definition) is 3. The van der Waals surface area contributed by atoms with E-state index in [1.165, 1.54) is 0 Å². The summed E-state index contributed by atoms with van der Waals surface area (Å²) in [5, 5.41) is 0. The molecule has 0 aromatic carbocycles. The topological polar surface area (TPSA) is 35.5 Å². The molecule has 0 saturated carbocycles. The summed E-state index contributed by atoms with van der Waals surface area (Å²) < 4.78 is 9.22. The summed E-state index contributed by atoms with van der Waals surface area (Å²) in [7, 11) is 0. The van der Waals surface area contributed by atoms with E-state index in [9.17, 15) is 4.79 Å². The van der Waals surface area contributed by atoms with E-state index in [1.807, 2.05) is 0 Å². The molecule has 10 heavy (non-hydrogen) atoms. The van der Waals surface area contributed by atoms with Gasteiger partial charge in [-0.25, -0.2) is 4.79 Å². The molecule has 0 heterocycles. The predicted molar refractivity (Wildman–Crippen MR) is 37.5 cm³/mol. The molecule has 0 aliphatic heterocycles. The van der Waals surface area contributed by atoms with E-state index in [2.05, 4.69) is 11.7 Å². The predicted octanol–water partition coefficient (Wildman–Crippen LogP) is 1.77. The first-order valence-corrected chi connectivity index (χ1v) is 3.11. The molecule has 0 saturated heterocycles. The zero-order chi connectivity index (χ0) is 8.20. The molecule has 3 heteroatoms. The number of rotatable bonds is 1. The van der Waals surface area contributed by atoms with Gasteiger partial charge >= 0.3 is 6.16 Å². The van der Waals surface area contributed by atoms with Gasteiger partial charge in [-0.05, 0) is 27.7 Å². The van der Waals surface area contributed by atoms with Crippen molar-refractivity contribution in [2.75, 3.05) is 6.61 Å². The van der Waals surface area contributed by atoms with Crippen LogP contribution < -0.4 is 0 Å². The third kappa shape index (κ3) is 5.41. The van der Waals surface area contributed by atoms with Crippen molar-refractivity contribution in [1.29, 1.82) is 0 Å². The molecular formula is C7H13O3. The quantitative estimate of drug-likeness (QED) is 0.527. The van der Waals surface area contributed by atoms with Crippen molar-refractivity contribution in [3.63, 3.8) is 0 Å². The van der Waals surface area contributed by atoms with E-state index < -0.39 is 11.8 Å². The first kappa shape index (κ1) is 9.27. The lowest BCUT2D eigenvalue weighted by molar-refractivity contribution is -0.00263. The Morgan fingerprint density at radius 1 is 1.50 bits per heavy atom. The van der Waals surface area contributed by atoms with Gasteiger partial charge in [0.15, 0.2) is 0 Å². The summed E-state index contributed by atoms with van der Waals surface area (Å²) in [6.45, 7) is 8.76. The smallest absolute Gasteiger partial charge is 0.434 e. The Morgan fingerprint density at radius 3 is 2.30 bits per heavy atom. The highest BCUT2D eigenvalue weighted by atomic mass is 16.7. The van der Waals surface area contributed by atoms with Crippen LogP contribution in [0.25, 0.3) is 0 Å². The van der Waals surface area contributed by atoms with Crippen LogP contribution in [0.2, 0.25) is 0 Å². The Labute approximate surface area is 61.3 Å². The third-order valence-corrected chi connectivity index (χ3v) is 0.609. The largest absolute Gasteiger partial charge is 0.508 e. The lowest BCUT2D eigenvalue weighted by Gasteiger charge is -2.18. The summed E-state index contributed by atoms with van der Waals surface area (Å²) in [6.07, 6.45) is -0.664. The Bertz CT molecular complexity index is 113. The van der Waals surface area contributed by atoms with Gasteiger partial charge in [0, 0.05) is 0 Å². The molecule has 0 rings (SSSR count). The molecule has 0 atom stereocenters. The van der Waals surface area contributed by atoms with Crippen LogP contribution >= 0.6 is 0 Å². The Balaban J connectivity index is 3.58. The van der Waals surface area contributed by atoms with E-state index >= 15 is 0 Å². The summed E-state index contributed by atoms with van der Waals surface area (Å²) in [5.74, 6) is 0. The Hall–Kier alpha value is -0.730. The molecule has 59 valence electrons. The van der Waals surface area contributed by atoms with E-state index in [-0.39, 0.29) is 6.61 Å². The first-order valence-electron chi connectivity index (χ1n) is 3.11. The van der Waals surface area contributed by atoms with Gasteiger partial charge in [0.05, 0.1) is 6.61 Å². The Morgan fingerprint density at radius 2 is 2.00 bits per heavy atom. The summed E-state index contributed by atoms with van der Waals surface area (Å²) in [5.41, 5.74) is -0.480. The molecule has 0 amide bonds. The highest BCUT2D eigenvalue weighted by Crippen LogP contribution is 2.07. The van der Waals surface area contributed by atoms with Crippen LogP contribution in [0.1, 0.15) is 20.8 Å². The van der Waals surface area contributed by atoms with E-state index in [0.29, 0.717) is 0 Å². The van der Waals surface area contributed by atoms with Crippen molar-refractivity contribution in [1.82, 2.24) is 0 Å². The zero-order valence-electron chi connectivity index (χ0n) is 6.64. The minimum absolute atomic E-state index is 0.106. The highest BCUT2D eigenvalue weighted by Gasteiger charge is 2.16. The SMILES string of the molecule is [CH2]COC(=O)OC(C)(C)C. The third-order valence-electron chi connectivity index (χ3n) is 0.609. The van der Waals surface area contributed by atoms with Crippen LogP contribution in [0.3, 0.4) is 0 Å². The van der Waals surface area contributed by atoms with Gasteiger partial charge in [-0.15, -0.1) is 0 Å². The van der Waals surface area contributed by atoms with Gasteiger partial charge in [-0.1, -0.05) is 0 Å². The molecule has 0 fully saturated rings. The van der Waals surface area contributed by atoms with Gasteiger partial charge in [0.2, 0.25) is 0 Å². The first-order chi connectivity index (χ1) is 4.45. The van der Waals surface area contributed by atoms with Crippen molar-refractivity contribution in [3.05, 3.63) is 6.92 Å². The molecule has 0 unspecified atom stereocenters. The molecule has 0 aliphatic carbocycles. The fourth-order valence-electron chi connectivity index (χ4n) is 0.363. The van der Waals surface area contributed by atoms with E-state index in [4.69, 9.17) is 4.74 Å². The van der Waals surface area contributed by atoms with Crippen molar-refractivity contribution in [2.24, 2.45) is 0 Å². The van der Waals surface area contributed by atoms with Gasteiger partial charge in [-0.3, -0.25) is 0 Å². The van der Waals surface area contributed by atoms with Crippen molar-refractivity contribution in [3.8, 4) is 0 Å². The monoisotopic (exact) mass is 145 g/mol. The highest BCUT2D eigenvalue weighted by molar-refractivity contribution is 5.60. The zero-order valence-corrected chi connectivity index (χ0v) is 6.64. The Kier molecular flexibility index (Phi) is 3.19. The summed E-state index contributed by atoms with van der Waals surface area (Å²) >= 11 is 0. The fourth-order valence-corrected chi connectivity index (χ4v) is 0.363. The molecule has 1 radical (unpaired) electrons. The van der Waals surface area contributed by atoms with Crippen LogP contribution in [-0.4, -0.2) is 18.4 Å². The molecule has 0 aliphatic rings. The average Bonchev–Trinajstić information content (AvgIpc) is 1.59. The second kappa shape index (κ2) is 3.44. The van der Waals surface area contributed by atoms with Crippen LogP contribution in [0.4, 0.5) is 4.79 Å². The fraction of sp³-hybridized carbons (Fsp3) is 0.714. The van der Waals surface area contributed by atoms with Crippen LogP contribution in [0.5, 0.6) is 0 Å². The van der Waals surface area contributed by atoms with Crippen molar-refractivity contribution >= 4 is 6.16 Å². The maximum Gasteiger partial charge on any atom is 0.508 e. The second-order valence-electron chi connectivity index (χ2n) is 2.81. The summed E-state index contributed by atoms with van der Waals surface area (Å²) in [4.78, 5) is 10.6. The van der Waals surface area contributed by atoms with Crippen LogP contribution in [-0.2, 0) is 9.47 Å². The van der Waals surface area contributed by atoms with Crippen molar-refractivity contribution in [2.45, 2.75) is 26.4 Å². The number of hydrogen-bond donors (Lipinski definition) is 0. The van der Waals surface area contributed by atoms with Gasteiger partial charge in [-0.2, -0.15) is 0 Å². The van der Waals surface area contributed by atoms with Crippen LogP contribution in [0, 0.1) is 6.92 Å². The molecule has 0 spiro atoms. The standard InChI is InChI=1S/C7H13O3/c1-5-9-6(8)10-7(2,3)4/h1,5H2,2-4H3. The molecule has 0 aromatic heterocycles. The van der Waals surface area contributed by atoms with E-state index in [1.54, 1.807) is 20.8 Å². The molecule has 0 bridgehead atoms. The average molecular weight is 145 g/mol. The number of ether oxygens (including phenoxy) is 2. The number of carbonyl (C=O) groups excluding carboxylic acids is 1. The lowest BCUT2D eigenvalue weighted by Crippen LogP contribution is -2.24. The molecular weight excluding hydrogens is 132 g/mol. The van der Waals surface area contributed by atoms with Gasteiger partial charge in [0.1, 0.15) is 5.60 Å².